The van der Waals surface area contributed by atoms with Crippen molar-refractivity contribution in [3.05, 3.63) is 28.7 Å². The number of hydrogen-bond donors (Lipinski definition) is 2. The van der Waals surface area contributed by atoms with Gasteiger partial charge in [-0.1, -0.05) is 22.0 Å². The first-order valence-electron chi connectivity index (χ1n) is 6.98. The van der Waals surface area contributed by atoms with Gasteiger partial charge in [-0.15, -0.1) is 0 Å². The summed E-state index contributed by atoms with van der Waals surface area (Å²) >= 11 is 3.32. The molecule has 1 fully saturated rings. The molecule has 6 nitrogen and oxygen atoms in total. The van der Waals surface area contributed by atoms with E-state index in [-0.39, 0.29) is 18.9 Å². The summed E-state index contributed by atoms with van der Waals surface area (Å²) in [6.07, 6.45) is 0.864. The average molecular weight is 372 g/mol. The Labute approximate surface area is 136 Å². The molecule has 1 aromatic carbocycles. The van der Waals surface area contributed by atoms with Crippen LogP contribution in [0.3, 0.4) is 0 Å². The van der Waals surface area contributed by atoms with Gasteiger partial charge in [0.2, 0.25) is 0 Å². The summed E-state index contributed by atoms with van der Waals surface area (Å²) in [7, 11) is 0. The fourth-order valence-electron chi connectivity index (χ4n) is 2.44. The van der Waals surface area contributed by atoms with Gasteiger partial charge < -0.3 is 19.9 Å². The lowest BCUT2D eigenvalue weighted by Gasteiger charge is -2.36. The number of nitrogens with one attached hydrogen (secondary N) is 1. The van der Waals surface area contributed by atoms with Crippen LogP contribution in [0.2, 0.25) is 0 Å². The molecule has 7 heteroatoms. The zero-order valence-corrected chi connectivity index (χ0v) is 13.6. The molecule has 0 spiro atoms. The number of carbonyl (C=O) groups excluding carboxylic acids is 1. The van der Waals surface area contributed by atoms with E-state index >= 15 is 0 Å². The molecule has 2 rings (SSSR count). The number of carbonyl (C=O) groups is 2. The molecule has 1 aliphatic rings. The molecular formula is C15H18BrNO5. The maximum Gasteiger partial charge on any atom is 0.305 e. The van der Waals surface area contributed by atoms with Crippen LogP contribution in [0, 0.1) is 0 Å². The molecule has 0 atom stereocenters. The quantitative estimate of drug-likeness (QED) is 0.798. The average Bonchev–Trinajstić information content (AvgIpc) is 2.45. The third-order valence-electron chi connectivity index (χ3n) is 3.51. The van der Waals surface area contributed by atoms with Gasteiger partial charge in [0.25, 0.3) is 5.91 Å². The summed E-state index contributed by atoms with van der Waals surface area (Å²) in [4.78, 5) is 23.1. The first kappa shape index (κ1) is 16.8. The minimum absolute atomic E-state index is 0.112. The second kappa shape index (κ2) is 7.60. The highest BCUT2D eigenvalue weighted by Crippen LogP contribution is 2.24. The Morgan fingerprint density at radius 1 is 1.36 bits per heavy atom. The van der Waals surface area contributed by atoms with Crippen molar-refractivity contribution in [1.29, 1.82) is 0 Å². The Hall–Kier alpha value is -1.60. The lowest BCUT2D eigenvalue weighted by atomic mass is 9.86. The Bertz CT molecular complexity index is 542. The first-order valence-corrected chi connectivity index (χ1v) is 7.77. The van der Waals surface area contributed by atoms with Crippen LogP contribution >= 0.6 is 15.9 Å². The summed E-state index contributed by atoms with van der Waals surface area (Å²) in [5.74, 6) is -0.693. The van der Waals surface area contributed by atoms with Gasteiger partial charge in [-0.3, -0.25) is 9.59 Å². The highest BCUT2D eigenvalue weighted by Gasteiger charge is 2.36. The first-order chi connectivity index (χ1) is 10.5. The van der Waals surface area contributed by atoms with Crippen LogP contribution < -0.4 is 10.1 Å². The maximum absolute atomic E-state index is 12.1. The second-order valence-electron chi connectivity index (χ2n) is 5.26. The maximum atomic E-state index is 12.1. The van der Waals surface area contributed by atoms with E-state index < -0.39 is 11.5 Å². The molecule has 0 radical (unpaired) electrons. The number of benzene rings is 1. The van der Waals surface area contributed by atoms with Gasteiger partial charge in [-0.05, 0) is 31.0 Å². The fraction of sp³-hybridized carbons (Fsp3) is 0.467. The van der Waals surface area contributed by atoms with E-state index in [4.69, 9.17) is 14.6 Å². The predicted molar refractivity (Wildman–Crippen MR) is 82.8 cm³/mol. The van der Waals surface area contributed by atoms with Crippen molar-refractivity contribution in [2.45, 2.75) is 24.8 Å². The Morgan fingerprint density at radius 2 is 2.09 bits per heavy atom. The van der Waals surface area contributed by atoms with Crippen LogP contribution in [-0.2, 0) is 14.3 Å². The van der Waals surface area contributed by atoms with E-state index in [2.05, 4.69) is 21.2 Å². The van der Waals surface area contributed by atoms with E-state index in [1.807, 2.05) is 12.1 Å². The minimum atomic E-state index is -0.935. The fourth-order valence-corrected chi connectivity index (χ4v) is 2.81. The van der Waals surface area contributed by atoms with Crippen molar-refractivity contribution >= 4 is 27.8 Å². The Kier molecular flexibility index (Phi) is 5.79. The van der Waals surface area contributed by atoms with Crippen LogP contribution in [-0.4, -0.2) is 42.3 Å². The van der Waals surface area contributed by atoms with Crippen molar-refractivity contribution in [2.24, 2.45) is 0 Å². The largest absolute Gasteiger partial charge is 0.484 e. The van der Waals surface area contributed by atoms with E-state index in [9.17, 15) is 9.59 Å². The monoisotopic (exact) mass is 371 g/mol. The summed E-state index contributed by atoms with van der Waals surface area (Å²) in [6.45, 7) is 0.735. The predicted octanol–water partition coefficient (Wildman–Crippen LogP) is 1.97. The molecule has 22 heavy (non-hydrogen) atoms. The van der Waals surface area contributed by atoms with Crippen LogP contribution in [0.15, 0.2) is 28.7 Å². The van der Waals surface area contributed by atoms with E-state index in [0.29, 0.717) is 31.8 Å². The van der Waals surface area contributed by atoms with Gasteiger partial charge in [0.15, 0.2) is 6.61 Å². The van der Waals surface area contributed by atoms with Crippen LogP contribution in [0.5, 0.6) is 5.75 Å². The highest BCUT2D eigenvalue weighted by molar-refractivity contribution is 9.10. The standard InChI is InChI=1S/C15H18BrNO5/c16-11-2-1-3-12(8-11)22-10-13(18)17-15(9-14(19)20)4-6-21-7-5-15/h1-3,8H,4-7,9-10H2,(H,17,18)(H,19,20). The number of halogens is 1. The number of aliphatic carboxylic acids is 1. The molecule has 1 amide bonds. The molecule has 1 saturated heterocycles. The molecule has 1 heterocycles. The van der Waals surface area contributed by atoms with Crippen LogP contribution in [0.4, 0.5) is 0 Å². The van der Waals surface area contributed by atoms with Crippen LogP contribution in [0.25, 0.3) is 0 Å². The minimum Gasteiger partial charge on any atom is -0.484 e. The summed E-state index contributed by atoms with van der Waals surface area (Å²) in [5.41, 5.74) is -0.748. The summed E-state index contributed by atoms with van der Waals surface area (Å²) in [5, 5.41) is 11.9. The summed E-state index contributed by atoms with van der Waals surface area (Å²) in [6, 6.07) is 7.17. The van der Waals surface area contributed by atoms with E-state index in [1.54, 1.807) is 12.1 Å². The van der Waals surface area contributed by atoms with Gasteiger partial charge in [-0.25, -0.2) is 0 Å². The zero-order valence-electron chi connectivity index (χ0n) is 12.0. The van der Waals surface area contributed by atoms with Crippen molar-refractivity contribution in [2.75, 3.05) is 19.8 Å². The Balaban J connectivity index is 1.92. The number of rotatable bonds is 6. The number of hydrogen-bond acceptors (Lipinski definition) is 4. The smallest absolute Gasteiger partial charge is 0.305 e. The molecule has 1 aromatic rings. The Morgan fingerprint density at radius 3 is 2.73 bits per heavy atom. The van der Waals surface area contributed by atoms with Crippen molar-refractivity contribution in [3.63, 3.8) is 0 Å². The number of carboxylic acid groups (broad SMARTS) is 1. The molecular weight excluding hydrogens is 354 g/mol. The number of ether oxygens (including phenoxy) is 2. The molecule has 120 valence electrons. The number of carboxylic acids is 1. The van der Waals surface area contributed by atoms with Crippen molar-refractivity contribution in [3.8, 4) is 5.75 Å². The molecule has 0 bridgehead atoms. The second-order valence-corrected chi connectivity index (χ2v) is 6.17. The third-order valence-corrected chi connectivity index (χ3v) is 4.00. The number of amides is 1. The van der Waals surface area contributed by atoms with Crippen molar-refractivity contribution < 1.29 is 24.2 Å². The van der Waals surface area contributed by atoms with E-state index in [0.717, 1.165) is 4.47 Å². The van der Waals surface area contributed by atoms with Gasteiger partial charge in [0, 0.05) is 17.7 Å². The van der Waals surface area contributed by atoms with Gasteiger partial charge >= 0.3 is 5.97 Å². The lowest BCUT2D eigenvalue weighted by molar-refractivity contribution is -0.140. The van der Waals surface area contributed by atoms with Gasteiger partial charge in [0.1, 0.15) is 5.75 Å². The van der Waals surface area contributed by atoms with Gasteiger partial charge in [0.05, 0.1) is 12.0 Å². The SMILES string of the molecule is O=C(O)CC1(NC(=O)COc2cccc(Br)c2)CCOCC1. The lowest BCUT2D eigenvalue weighted by Crippen LogP contribution is -2.54. The molecule has 2 N–H and O–H groups in total. The molecule has 1 aliphatic heterocycles. The normalized spacial score (nSPS) is 16.8. The molecule has 0 aliphatic carbocycles. The molecule has 0 aromatic heterocycles. The highest BCUT2D eigenvalue weighted by atomic mass is 79.9. The molecule has 0 unspecified atom stereocenters. The molecule has 0 saturated carbocycles. The summed E-state index contributed by atoms with van der Waals surface area (Å²) < 4.78 is 11.5. The van der Waals surface area contributed by atoms with Crippen molar-refractivity contribution in [1.82, 2.24) is 5.32 Å². The van der Waals surface area contributed by atoms with E-state index in [1.165, 1.54) is 0 Å². The third kappa shape index (κ3) is 4.99. The topological polar surface area (TPSA) is 84.9 Å². The van der Waals surface area contributed by atoms with Crippen LogP contribution in [0.1, 0.15) is 19.3 Å². The zero-order chi connectivity index (χ0) is 16.0. The van der Waals surface area contributed by atoms with Gasteiger partial charge in [-0.2, -0.15) is 0 Å².